The SMILES string of the molecule is CCOc1cc(C=Nn2c([C@H](C)CC)nc3ccc(Br)cc3c2=O)c(Br)c(Br)c1OCC(=O)Nc1ccccc1F. The Bertz CT molecular complexity index is 1690. The molecule has 0 bridgehead atoms. The summed E-state index contributed by atoms with van der Waals surface area (Å²) < 4.78 is 28.6. The summed E-state index contributed by atoms with van der Waals surface area (Å²) in [5.74, 6) is 0.0526. The minimum Gasteiger partial charge on any atom is -0.490 e. The number of anilines is 1. The van der Waals surface area contributed by atoms with E-state index in [2.05, 4.69) is 58.2 Å². The number of hydrogen-bond donors (Lipinski definition) is 1. The van der Waals surface area contributed by atoms with Gasteiger partial charge in [0.15, 0.2) is 18.1 Å². The summed E-state index contributed by atoms with van der Waals surface area (Å²) in [6, 6.07) is 12.9. The number of hydrogen-bond acceptors (Lipinski definition) is 6. The van der Waals surface area contributed by atoms with Crippen molar-refractivity contribution in [3.05, 3.63) is 89.5 Å². The molecule has 8 nitrogen and oxygen atoms in total. The number of ether oxygens (including phenoxy) is 2. The predicted molar refractivity (Wildman–Crippen MR) is 169 cm³/mol. The molecule has 0 aliphatic heterocycles. The highest BCUT2D eigenvalue weighted by Crippen LogP contribution is 2.42. The van der Waals surface area contributed by atoms with Crippen molar-refractivity contribution in [2.75, 3.05) is 18.5 Å². The normalized spacial score (nSPS) is 12.1. The van der Waals surface area contributed by atoms with Crippen LogP contribution in [-0.4, -0.2) is 35.0 Å². The molecule has 0 aliphatic carbocycles. The average Bonchev–Trinajstić information content (AvgIpc) is 2.95. The lowest BCUT2D eigenvalue weighted by Crippen LogP contribution is -2.23. The van der Waals surface area contributed by atoms with Crippen LogP contribution in [0.4, 0.5) is 10.1 Å². The zero-order chi connectivity index (χ0) is 29.7. The second-order valence-corrected chi connectivity index (χ2v) is 11.5. The number of amides is 1. The van der Waals surface area contributed by atoms with Crippen LogP contribution in [-0.2, 0) is 4.79 Å². The molecule has 1 N–H and O–H groups in total. The fraction of sp³-hybridized carbons (Fsp3) is 0.241. The van der Waals surface area contributed by atoms with Crippen LogP contribution in [0.15, 0.2) is 71.8 Å². The average molecular weight is 753 g/mol. The second kappa shape index (κ2) is 13.7. The van der Waals surface area contributed by atoms with Crippen LogP contribution in [0, 0.1) is 5.82 Å². The molecule has 214 valence electrons. The number of carbonyl (C=O) groups is 1. The first-order chi connectivity index (χ1) is 19.6. The van der Waals surface area contributed by atoms with Crippen LogP contribution in [0.2, 0.25) is 0 Å². The molecule has 0 fully saturated rings. The molecular formula is C29H26Br3FN4O4. The lowest BCUT2D eigenvalue weighted by Gasteiger charge is -2.17. The molecule has 41 heavy (non-hydrogen) atoms. The maximum Gasteiger partial charge on any atom is 0.282 e. The van der Waals surface area contributed by atoms with Crippen molar-refractivity contribution in [3.8, 4) is 11.5 Å². The second-order valence-electron chi connectivity index (χ2n) is 8.97. The Hall–Kier alpha value is -3.09. The number of aromatic nitrogens is 2. The van der Waals surface area contributed by atoms with E-state index in [1.54, 1.807) is 24.3 Å². The van der Waals surface area contributed by atoms with Crippen molar-refractivity contribution in [3.63, 3.8) is 0 Å². The Morgan fingerprint density at radius 2 is 1.88 bits per heavy atom. The van der Waals surface area contributed by atoms with Crippen molar-refractivity contribution >= 4 is 76.5 Å². The molecule has 0 saturated heterocycles. The Labute approximate surface area is 261 Å². The largest absolute Gasteiger partial charge is 0.490 e. The van der Waals surface area contributed by atoms with E-state index < -0.39 is 18.3 Å². The number of fused-ring (bicyclic) bond motifs is 1. The maximum absolute atomic E-state index is 13.9. The molecular weight excluding hydrogens is 727 g/mol. The van der Waals surface area contributed by atoms with Crippen LogP contribution in [0.3, 0.4) is 0 Å². The summed E-state index contributed by atoms with van der Waals surface area (Å²) in [5, 5.41) is 7.47. The first kappa shape index (κ1) is 30.9. The van der Waals surface area contributed by atoms with Crippen molar-refractivity contribution in [2.24, 2.45) is 5.10 Å². The van der Waals surface area contributed by atoms with Crippen molar-refractivity contribution < 1.29 is 18.7 Å². The number of rotatable bonds is 10. The first-order valence-corrected chi connectivity index (χ1v) is 15.1. The predicted octanol–water partition coefficient (Wildman–Crippen LogP) is 7.64. The van der Waals surface area contributed by atoms with Gasteiger partial charge in [-0.25, -0.2) is 9.37 Å². The third-order valence-corrected chi connectivity index (χ3v) is 8.79. The smallest absolute Gasteiger partial charge is 0.282 e. The topological polar surface area (TPSA) is 94.8 Å². The van der Waals surface area contributed by atoms with Gasteiger partial charge >= 0.3 is 0 Å². The zero-order valence-corrected chi connectivity index (χ0v) is 27.1. The summed E-state index contributed by atoms with van der Waals surface area (Å²) in [4.78, 5) is 30.7. The summed E-state index contributed by atoms with van der Waals surface area (Å²) in [7, 11) is 0. The zero-order valence-electron chi connectivity index (χ0n) is 22.4. The molecule has 0 unspecified atom stereocenters. The molecule has 1 atom stereocenters. The van der Waals surface area contributed by atoms with Crippen molar-refractivity contribution in [1.82, 2.24) is 9.66 Å². The van der Waals surface area contributed by atoms with Gasteiger partial charge in [0.2, 0.25) is 0 Å². The van der Waals surface area contributed by atoms with Gasteiger partial charge in [-0.1, -0.05) is 41.9 Å². The van der Waals surface area contributed by atoms with Crippen LogP contribution < -0.4 is 20.3 Å². The standard InChI is InChI=1S/C29H26Br3FN4O4/c1-4-16(3)28-36-21-11-10-18(30)13-19(21)29(39)37(28)34-14-17-12-23(40-5-2)27(26(32)25(17)31)41-15-24(38)35-22-9-7-6-8-20(22)33/h6-14,16H,4-5,15H2,1-3H3,(H,35,38)/t16-/m1/s1. The van der Waals surface area contributed by atoms with E-state index in [0.717, 1.165) is 10.9 Å². The van der Waals surface area contributed by atoms with E-state index in [4.69, 9.17) is 14.5 Å². The lowest BCUT2D eigenvalue weighted by molar-refractivity contribution is -0.118. The van der Waals surface area contributed by atoms with E-state index in [-0.39, 0.29) is 22.9 Å². The Balaban J connectivity index is 1.68. The van der Waals surface area contributed by atoms with Gasteiger partial charge in [0.1, 0.15) is 11.6 Å². The molecule has 4 aromatic rings. The highest BCUT2D eigenvalue weighted by Gasteiger charge is 2.20. The monoisotopic (exact) mass is 750 g/mol. The Kier molecular flexibility index (Phi) is 10.3. The van der Waals surface area contributed by atoms with Crippen LogP contribution in [0.5, 0.6) is 11.5 Å². The molecule has 0 spiro atoms. The first-order valence-electron chi connectivity index (χ1n) is 12.7. The van der Waals surface area contributed by atoms with Gasteiger partial charge in [-0.05, 0) is 81.6 Å². The minimum atomic E-state index is -0.548. The summed E-state index contributed by atoms with van der Waals surface area (Å²) >= 11 is 10.5. The third kappa shape index (κ3) is 7.04. The summed E-state index contributed by atoms with van der Waals surface area (Å²) in [5.41, 5.74) is 0.951. The molecule has 0 radical (unpaired) electrons. The fourth-order valence-electron chi connectivity index (χ4n) is 3.88. The molecule has 0 saturated carbocycles. The van der Waals surface area contributed by atoms with E-state index >= 15 is 0 Å². The van der Waals surface area contributed by atoms with E-state index in [1.165, 1.54) is 29.1 Å². The summed E-state index contributed by atoms with van der Waals surface area (Å²) in [6.45, 7) is 5.76. The molecule has 1 heterocycles. The minimum absolute atomic E-state index is 0.0201. The highest BCUT2D eigenvalue weighted by atomic mass is 79.9. The lowest BCUT2D eigenvalue weighted by atomic mass is 10.1. The van der Waals surface area contributed by atoms with E-state index in [0.29, 0.717) is 43.6 Å². The molecule has 12 heteroatoms. The van der Waals surface area contributed by atoms with Gasteiger partial charge in [0.25, 0.3) is 11.5 Å². The van der Waals surface area contributed by atoms with Gasteiger partial charge in [0, 0.05) is 20.4 Å². The van der Waals surface area contributed by atoms with Gasteiger partial charge in [-0.15, -0.1) is 0 Å². The number of para-hydroxylation sites is 1. The summed E-state index contributed by atoms with van der Waals surface area (Å²) in [6.07, 6.45) is 2.30. The number of halogens is 4. The highest BCUT2D eigenvalue weighted by molar-refractivity contribution is 9.13. The fourth-order valence-corrected chi connectivity index (χ4v) is 5.18. The van der Waals surface area contributed by atoms with Crippen molar-refractivity contribution in [1.29, 1.82) is 0 Å². The van der Waals surface area contributed by atoms with Crippen LogP contribution >= 0.6 is 47.8 Å². The van der Waals surface area contributed by atoms with Gasteiger partial charge < -0.3 is 14.8 Å². The van der Waals surface area contributed by atoms with Crippen LogP contribution in [0.25, 0.3) is 10.9 Å². The Morgan fingerprint density at radius 3 is 2.59 bits per heavy atom. The van der Waals surface area contributed by atoms with Crippen molar-refractivity contribution in [2.45, 2.75) is 33.1 Å². The maximum atomic E-state index is 13.9. The molecule has 4 rings (SSSR count). The van der Waals surface area contributed by atoms with Gasteiger partial charge in [-0.3, -0.25) is 9.59 Å². The molecule has 1 amide bonds. The van der Waals surface area contributed by atoms with Gasteiger partial charge in [-0.2, -0.15) is 9.78 Å². The van der Waals surface area contributed by atoms with Gasteiger partial charge in [0.05, 0.1) is 33.9 Å². The number of carbonyl (C=O) groups excluding carboxylic acids is 1. The Morgan fingerprint density at radius 1 is 1.12 bits per heavy atom. The number of nitrogens with one attached hydrogen (secondary N) is 1. The molecule has 1 aromatic heterocycles. The molecule has 0 aliphatic rings. The number of nitrogens with zero attached hydrogens (tertiary/aromatic N) is 3. The quantitative estimate of drug-likeness (QED) is 0.168. The van der Waals surface area contributed by atoms with E-state index in [1.807, 2.05) is 26.8 Å². The third-order valence-electron chi connectivity index (χ3n) is 6.15. The number of benzene rings is 3. The molecule has 3 aromatic carbocycles. The van der Waals surface area contributed by atoms with E-state index in [9.17, 15) is 14.0 Å². The van der Waals surface area contributed by atoms with Crippen LogP contribution in [0.1, 0.15) is 44.5 Å².